The van der Waals surface area contributed by atoms with E-state index in [-0.39, 0.29) is 6.04 Å². The van der Waals surface area contributed by atoms with Crippen LogP contribution < -0.4 is 10.1 Å². The number of nitrogens with zero attached hydrogens (tertiary/aromatic N) is 2. The fourth-order valence-electron chi connectivity index (χ4n) is 4.06. The molecule has 0 saturated heterocycles. The number of pyridine rings is 1. The van der Waals surface area contributed by atoms with Crippen LogP contribution in [0.4, 0.5) is 0 Å². The van der Waals surface area contributed by atoms with E-state index in [0.717, 1.165) is 46.6 Å². The number of nitrogens with one attached hydrogen (secondary N) is 2. The van der Waals surface area contributed by atoms with Crippen molar-refractivity contribution in [3.05, 3.63) is 77.5 Å². The second-order valence-corrected chi connectivity index (χ2v) is 7.19. The Hall–Kier alpha value is -3.18. The zero-order valence-electron chi connectivity index (χ0n) is 16.0. The predicted octanol–water partition coefficient (Wildman–Crippen LogP) is 4.18. The largest absolute Gasteiger partial charge is 0.494 e. The zero-order chi connectivity index (χ0) is 19.1. The summed E-state index contributed by atoms with van der Waals surface area (Å²) < 4.78 is 5.52. The van der Waals surface area contributed by atoms with Gasteiger partial charge in [0.05, 0.1) is 25.2 Å². The topological polar surface area (TPSA) is 62.8 Å². The van der Waals surface area contributed by atoms with Gasteiger partial charge in [0.1, 0.15) is 11.3 Å². The molecule has 140 valence electrons. The van der Waals surface area contributed by atoms with Gasteiger partial charge >= 0.3 is 0 Å². The molecule has 5 nitrogen and oxygen atoms in total. The third-order valence-electron chi connectivity index (χ3n) is 5.48. The fourth-order valence-corrected chi connectivity index (χ4v) is 4.06. The molecule has 0 saturated carbocycles. The van der Waals surface area contributed by atoms with E-state index in [4.69, 9.17) is 9.72 Å². The van der Waals surface area contributed by atoms with Gasteiger partial charge in [0, 0.05) is 29.7 Å². The molecule has 5 rings (SSSR count). The maximum absolute atomic E-state index is 5.52. The van der Waals surface area contributed by atoms with Gasteiger partial charge < -0.3 is 15.0 Å². The summed E-state index contributed by atoms with van der Waals surface area (Å²) in [6.45, 7) is 2.95. The van der Waals surface area contributed by atoms with Gasteiger partial charge in [0.15, 0.2) is 0 Å². The van der Waals surface area contributed by atoms with E-state index in [1.165, 1.54) is 16.8 Å². The van der Waals surface area contributed by atoms with Gasteiger partial charge in [0.2, 0.25) is 0 Å². The van der Waals surface area contributed by atoms with E-state index in [1.54, 1.807) is 13.4 Å². The third kappa shape index (κ3) is 2.75. The molecule has 5 heteroatoms. The van der Waals surface area contributed by atoms with Crippen molar-refractivity contribution in [2.75, 3.05) is 13.7 Å². The lowest BCUT2D eigenvalue weighted by Crippen LogP contribution is -2.30. The van der Waals surface area contributed by atoms with E-state index in [0.29, 0.717) is 0 Å². The number of ether oxygens (including phenoxy) is 1. The van der Waals surface area contributed by atoms with Gasteiger partial charge in [-0.05, 0) is 41.8 Å². The van der Waals surface area contributed by atoms with Crippen LogP contribution in [-0.2, 0) is 6.42 Å². The van der Waals surface area contributed by atoms with Gasteiger partial charge in [-0.2, -0.15) is 0 Å². The van der Waals surface area contributed by atoms with Gasteiger partial charge in [-0.3, -0.25) is 0 Å². The van der Waals surface area contributed by atoms with Crippen molar-refractivity contribution >= 4 is 10.9 Å². The number of aromatic amines is 1. The molecule has 2 aromatic heterocycles. The van der Waals surface area contributed by atoms with Crippen LogP contribution in [0.15, 0.2) is 54.9 Å². The lowest BCUT2D eigenvalue weighted by atomic mass is 9.94. The van der Waals surface area contributed by atoms with E-state index < -0.39 is 0 Å². The normalized spacial score (nSPS) is 16.1. The Balaban J connectivity index is 1.56. The molecular weight excluding hydrogens is 348 g/mol. The Morgan fingerprint density at radius 3 is 2.71 bits per heavy atom. The molecular formula is C23H22N4O. The number of hydrogen-bond donors (Lipinski definition) is 2. The van der Waals surface area contributed by atoms with Crippen LogP contribution in [0.2, 0.25) is 0 Å². The van der Waals surface area contributed by atoms with Crippen LogP contribution >= 0.6 is 0 Å². The minimum absolute atomic E-state index is 0.140. The molecule has 0 radical (unpaired) electrons. The molecule has 3 heterocycles. The Morgan fingerprint density at radius 1 is 1.04 bits per heavy atom. The van der Waals surface area contributed by atoms with Crippen LogP contribution in [0.25, 0.3) is 22.0 Å². The smallest absolute Gasteiger partial charge is 0.145 e. The maximum atomic E-state index is 5.52. The molecule has 0 bridgehead atoms. The van der Waals surface area contributed by atoms with Crippen LogP contribution in [0.1, 0.15) is 28.7 Å². The van der Waals surface area contributed by atoms with E-state index in [2.05, 4.69) is 51.7 Å². The van der Waals surface area contributed by atoms with Crippen LogP contribution in [0, 0.1) is 6.92 Å². The standard InChI is InChI=1S/C23H22N4O/c1-14-3-8-18-17(9-10-20(28-2)22(18)27-14)15-4-6-16(7-5-15)21-23-19(11-12-24-21)25-13-26-23/h3-10,13,21,24H,11-12H2,1-2H3,(H,25,26)/t21-/m1/s1. The molecule has 0 amide bonds. The van der Waals surface area contributed by atoms with Crippen molar-refractivity contribution in [2.45, 2.75) is 19.4 Å². The van der Waals surface area contributed by atoms with Crippen molar-refractivity contribution in [3.8, 4) is 16.9 Å². The van der Waals surface area contributed by atoms with Crippen molar-refractivity contribution in [3.63, 3.8) is 0 Å². The predicted molar refractivity (Wildman–Crippen MR) is 111 cm³/mol. The molecule has 1 aliphatic heterocycles. The lowest BCUT2D eigenvalue weighted by Gasteiger charge is -2.23. The highest BCUT2D eigenvalue weighted by atomic mass is 16.5. The van der Waals surface area contributed by atoms with Crippen molar-refractivity contribution < 1.29 is 4.74 Å². The van der Waals surface area contributed by atoms with Crippen LogP contribution in [-0.4, -0.2) is 28.6 Å². The number of aryl methyl sites for hydroxylation is 1. The van der Waals surface area contributed by atoms with Crippen molar-refractivity contribution in [2.24, 2.45) is 0 Å². The molecule has 2 aromatic carbocycles. The zero-order valence-corrected chi connectivity index (χ0v) is 16.0. The summed E-state index contributed by atoms with van der Waals surface area (Å²) in [6, 6.07) is 17.2. The van der Waals surface area contributed by atoms with E-state index in [1.807, 2.05) is 19.1 Å². The molecule has 0 aliphatic carbocycles. The number of imidazole rings is 1. The summed E-state index contributed by atoms with van der Waals surface area (Å²) in [5, 5.41) is 4.68. The molecule has 28 heavy (non-hydrogen) atoms. The minimum Gasteiger partial charge on any atom is -0.494 e. The number of fused-ring (bicyclic) bond motifs is 2. The van der Waals surface area contributed by atoms with Crippen molar-refractivity contribution in [1.82, 2.24) is 20.3 Å². The first-order valence-corrected chi connectivity index (χ1v) is 9.55. The molecule has 0 spiro atoms. The van der Waals surface area contributed by atoms with Crippen LogP contribution in [0.5, 0.6) is 5.75 Å². The van der Waals surface area contributed by atoms with E-state index in [9.17, 15) is 0 Å². The maximum Gasteiger partial charge on any atom is 0.145 e. The van der Waals surface area contributed by atoms with Gasteiger partial charge in [0.25, 0.3) is 0 Å². The molecule has 0 fully saturated rings. The molecule has 4 aromatic rings. The lowest BCUT2D eigenvalue weighted by molar-refractivity contribution is 0.419. The monoisotopic (exact) mass is 370 g/mol. The molecule has 2 N–H and O–H groups in total. The van der Waals surface area contributed by atoms with Crippen molar-refractivity contribution in [1.29, 1.82) is 0 Å². The summed E-state index contributed by atoms with van der Waals surface area (Å²) in [5.41, 5.74) is 7.77. The highest BCUT2D eigenvalue weighted by Gasteiger charge is 2.23. The second-order valence-electron chi connectivity index (χ2n) is 7.19. The second kappa shape index (κ2) is 6.77. The first-order valence-electron chi connectivity index (χ1n) is 9.55. The SMILES string of the molecule is COc1ccc(-c2ccc([C@H]3NCCc4[nH]cnc43)cc2)c2ccc(C)nc12. The summed E-state index contributed by atoms with van der Waals surface area (Å²) in [5.74, 6) is 0.802. The van der Waals surface area contributed by atoms with Crippen LogP contribution in [0.3, 0.4) is 0 Å². The van der Waals surface area contributed by atoms with E-state index >= 15 is 0 Å². The summed E-state index contributed by atoms with van der Waals surface area (Å²) >= 11 is 0. The highest BCUT2D eigenvalue weighted by molar-refractivity contribution is 5.98. The molecule has 1 atom stereocenters. The minimum atomic E-state index is 0.140. The quantitative estimate of drug-likeness (QED) is 0.568. The molecule has 1 aliphatic rings. The molecule has 0 unspecified atom stereocenters. The van der Waals surface area contributed by atoms with Gasteiger partial charge in [-0.15, -0.1) is 0 Å². The van der Waals surface area contributed by atoms with Gasteiger partial charge in [-0.25, -0.2) is 9.97 Å². The number of rotatable bonds is 3. The first kappa shape index (κ1) is 17.0. The average Bonchev–Trinajstić information content (AvgIpc) is 3.22. The summed E-state index contributed by atoms with van der Waals surface area (Å²) in [7, 11) is 1.69. The third-order valence-corrected chi connectivity index (χ3v) is 5.48. The number of benzene rings is 2. The Kier molecular flexibility index (Phi) is 4.10. The number of H-pyrrole nitrogens is 1. The Labute approximate surface area is 163 Å². The Bertz CT molecular complexity index is 1150. The number of aromatic nitrogens is 3. The number of methoxy groups -OCH3 is 1. The average molecular weight is 370 g/mol. The number of hydrogen-bond acceptors (Lipinski definition) is 4. The Morgan fingerprint density at radius 2 is 1.89 bits per heavy atom. The van der Waals surface area contributed by atoms with Gasteiger partial charge in [-0.1, -0.05) is 30.3 Å². The summed E-state index contributed by atoms with van der Waals surface area (Å²) in [4.78, 5) is 12.5. The fraction of sp³-hybridized carbons (Fsp3) is 0.217. The highest BCUT2D eigenvalue weighted by Crippen LogP contribution is 2.35. The first-order chi connectivity index (χ1) is 13.7. The summed E-state index contributed by atoms with van der Waals surface area (Å²) in [6.07, 6.45) is 2.78.